The number of aromatic carboxylic acids is 1. The minimum Gasteiger partial charge on any atom is -0.478 e. The molecule has 0 spiro atoms. The fourth-order valence-electron chi connectivity index (χ4n) is 3.05. The Morgan fingerprint density at radius 2 is 1.79 bits per heavy atom. The molecule has 0 aliphatic rings. The first-order chi connectivity index (χ1) is 11.4. The summed E-state index contributed by atoms with van der Waals surface area (Å²) < 4.78 is 5.42. The Labute approximate surface area is 141 Å². The number of carbonyl (C=O) groups is 2. The van der Waals surface area contributed by atoms with Gasteiger partial charge in [-0.15, -0.1) is 0 Å². The molecule has 5 heteroatoms. The Bertz CT molecular complexity index is 714. The van der Waals surface area contributed by atoms with Gasteiger partial charge in [0.05, 0.1) is 12.0 Å². The number of carboxylic acids is 1. The van der Waals surface area contributed by atoms with Crippen LogP contribution in [-0.2, 0) is 16.8 Å². The van der Waals surface area contributed by atoms with Crippen LogP contribution in [0, 0.1) is 6.92 Å². The van der Waals surface area contributed by atoms with E-state index in [2.05, 4.69) is 5.32 Å². The molecule has 0 radical (unpaired) electrons. The second-order valence-electron chi connectivity index (χ2n) is 5.83. The number of hydrogen-bond acceptors (Lipinski definition) is 3. The Morgan fingerprint density at radius 3 is 2.29 bits per heavy atom. The second kappa shape index (κ2) is 7.34. The molecule has 2 aromatic rings. The normalized spacial score (nSPS) is 11.3. The maximum absolute atomic E-state index is 12.9. The standard InChI is InChI=1S/C19H23NO4/c1-4-19(5-2,14-9-7-6-8-10-14)18(23)20-12-15-11-16(17(21)22)13(3)24-15/h6-11H,4-5,12H2,1-3H3,(H,20,23)(H,21,22). The van der Waals surface area contributed by atoms with Crippen molar-refractivity contribution in [3.8, 4) is 0 Å². The van der Waals surface area contributed by atoms with Crippen LogP contribution in [0.4, 0.5) is 0 Å². The summed E-state index contributed by atoms with van der Waals surface area (Å²) in [5, 5.41) is 12.0. The first-order valence-electron chi connectivity index (χ1n) is 8.11. The lowest BCUT2D eigenvalue weighted by molar-refractivity contribution is -0.127. The summed E-state index contributed by atoms with van der Waals surface area (Å²) in [6.07, 6.45) is 1.35. The van der Waals surface area contributed by atoms with Gasteiger partial charge < -0.3 is 14.8 Å². The summed E-state index contributed by atoms with van der Waals surface area (Å²) in [6, 6.07) is 11.2. The van der Waals surface area contributed by atoms with Crippen molar-refractivity contribution in [2.75, 3.05) is 0 Å². The van der Waals surface area contributed by atoms with Gasteiger partial charge in [-0.2, -0.15) is 0 Å². The van der Waals surface area contributed by atoms with E-state index in [0.29, 0.717) is 24.4 Å². The average Bonchev–Trinajstić information content (AvgIpc) is 2.97. The van der Waals surface area contributed by atoms with Crippen LogP contribution in [0.1, 0.15) is 54.1 Å². The number of benzene rings is 1. The summed E-state index contributed by atoms with van der Waals surface area (Å²) in [4.78, 5) is 23.9. The SMILES string of the molecule is CCC(CC)(C(=O)NCc1cc(C(=O)O)c(C)o1)c1ccccc1. The highest BCUT2D eigenvalue weighted by Crippen LogP contribution is 2.32. The third-order valence-electron chi connectivity index (χ3n) is 4.59. The minimum absolute atomic E-state index is 0.0790. The maximum atomic E-state index is 12.9. The number of hydrogen-bond donors (Lipinski definition) is 2. The van der Waals surface area contributed by atoms with Gasteiger partial charge in [0.1, 0.15) is 17.1 Å². The first-order valence-corrected chi connectivity index (χ1v) is 8.11. The zero-order valence-corrected chi connectivity index (χ0v) is 14.3. The Kier molecular flexibility index (Phi) is 5.44. The molecule has 2 N–H and O–H groups in total. The number of carboxylic acid groups (broad SMARTS) is 1. The monoisotopic (exact) mass is 329 g/mol. The van der Waals surface area contributed by atoms with Crippen LogP contribution in [0.2, 0.25) is 0 Å². The number of aryl methyl sites for hydroxylation is 1. The van der Waals surface area contributed by atoms with Crippen molar-refractivity contribution in [1.29, 1.82) is 0 Å². The zero-order chi connectivity index (χ0) is 17.7. The van der Waals surface area contributed by atoms with Crippen LogP contribution in [0.3, 0.4) is 0 Å². The number of rotatable bonds is 7. The number of carbonyl (C=O) groups excluding carboxylic acids is 1. The van der Waals surface area contributed by atoms with Crippen LogP contribution < -0.4 is 5.32 Å². The lowest BCUT2D eigenvalue weighted by Crippen LogP contribution is -2.43. The zero-order valence-electron chi connectivity index (χ0n) is 14.3. The van der Waals surface area contributed by atoms with Gasteiger partial charge in [0.2, 0.25) is 5.91 Å². The van der Waals surface area contributed by atoms with Crippen molar-refractivity contribution in [3.63, 3.8) is 0 Å². The van der Waals surface area contributed by atoms with E-state index in [0.717, 1.165) is 5.56 Å². The molecule has 2 rings (SSSR count). The maximum Gasteiger partial charge on any atom is 0.339 e. The van der Waals surface area contributed by atoms with E-state index in [9.17, 15) is 9.59 Å². The topological polar surface area (TPSA) is 79.5 Å². The molecule has 0 unspecified atom stereocenters. The van der Waals surface area contributed by atoms with Crippen molar-refractivity contribution in [1.82, 2.24) is 5.32 Å². The van der Waals surface area contributed by atoms with Gasteiger partial charge >= 0.3 is 5.97 Å². The van der Waals surface area contributed by atoms with E-state index < -0.39 is 11.4 Å². The molecule has 128 valence electrons. The Balaban J connectivity index is 2.17. The van der Waals surface area contributed by atoms with E-state index in [1.54, 1.807) is 6.92 Å². The smallest absolute Gasteiger partial charge is 0.339 e. The predicted molar refractivity (Wildman–Crippen MR) is 91.0 cm³/mol. The van der Waals surface area contributed by atoms with Gasteiger partial charge in [0, 0.05) is 0 Å². The van der Waals surface area contributed by atoms with E-state index >= 15 is 0 Å². The second-order valence-corrected chi connectivity index (χ2v) is 5.83. The summed E-state index contributed by atoms with van der Waals surface area (Å²) in [5.41, 5.74) is 0.507. The van der Waals surface area contributed by atoms with Gasteiger partial charge in [0.25, 0.3) is 0 Å². The third-order valence-corrected chi connectivity index (χ3v) is 4.59. The van der Waals surface area contributed by atoms with Crippen molar-refractivity contribution in [3.05, 3.63) is 59.0 Å². The molecule has 0 fully saturated rings. The molecule has 1 heterocycles. The molecular weight excluding hydrogens is 306 g/mol. The average molecular weight is 329 g/mol. The molecule has 1 aromatic carbocycles. The fraction of sp³-hybridized carbons (Fsp3) is 0.368. The van der Waals surface area contributed by atoms with Crippen LogP contribution in [-0.4, -0.2) is 17.0 Å². The molecule has 0 saturated carbocycles. The summed E-state index contributed by atoms with van der Waals surface area (Å²) in [7, 11) is 0. The van der Waals surface area contributed by atoms with E-state index in [4.69, 9.17) is 9.52 Å². The fourth-order valence-corrected chi connectivity index (χ4v) is 3.05. The lowest BCUT2D eigenvalue weighted by atomic mass is 9.75. The van der Waals surface area contributed by atoms with Crippen molar-refractivity contribution >= 4 is 11.9 Å². The minimum atomic E-state index is -1.03. The molecule has 0 bridgehead atoms. The van der Waals surface area contributed by atoms with Crippen LogP contribution in [0.25, 0.3) is 0 Å². The largest absolute Gasteiger partial charge is 0.478 e. The quantitative estimate of drug-likeness (QED) is 0.812. The predicted octanol–water partition coefficient (Wildman–Crippen LogP) is 3.66. The van der Waals surface area contributed by atoms with E-state index in [1.165, 1.54) is 6.07 Å². The summed E-state index contributed by atoms with van der Waals surface area (Å²) >= 11 is 0. The third kappa shape index (κ3) is 3.35. The summed E-state index contributed by atoms with van der Waals surface area (Å²) in [5.74, 6) is -0.335. The van der Waals surface area contributed by atoms with Gasteiger partial charge in [-0.1, -0.05) is 44.2 Å². The molecule has 1 amide bonds. The lowest BCUT2D eigenvalue weighted by Gasteiger charge is -2.30. The van der Waals surface area contributed by atoms with Gasteiger partial charge in [-0.3, -0.25) is 4.79 Å². The number of nitrogens with one attached hydrogen (secondary N) is 1. The van der Waals surface area contributed by atoms with Crippen molar-refractivity contribution in [2.45, 2.75) is 45.6 Å². The van der Waals surface area contributed by atoms with Crippen LogP contribution >= 0.6 is 0 Å². The van der Waals surface area contributed by atoms with Crippen molar-refractivity contribution in [2.24, 2.45) is 0 Å². The summed E-state index contributed by atoms with van der Waals surface area (Å²) in [6.45, 7) is 5.76. The van der Waals surface area contributed by atoms with Gasteiger partial charge in [-0.05, 0) is 31.4 Å². The highest BCUT2D eigenvalue weighted by molar-refractivity contribution is 5.89. The number of amides is 1. The molecule has 0 atom stereocenters. The highest BCUT2D eigenvalue weighted by Gasteiger charge is 2.36. The molecule has 0 aliphatic heterocycles. The van der Waals surface area contributed by atoms with Crippen LogP contribution in [0.15, 0.2) is 40.8 Å². The van der Waals surface area contributed by atoms with E-state index in [1.807, 2.05) is 44.2 Å². The molecular formula is C19H23NO4. The molecule has 24 heavy (non-hydrogen) atoms. The van der Waals surface area contributed by atoms with Gasteiger partial charge in [0.15, 0.2) is 0 Å². The first kappa shape index (κ1) is 17.8. The highest BCUT2D eigenvalue weighted by atomic mass is 16.4. The molecule has 1 aromatic heterocycles. The van der Waals surface area contributed by atoms with Crippen molar-refractivity contribution < 1.29 is 19.1 Å². The van der Waals surface area contributed by atoms with E-state index in [-0.39, 0.29) is 18.0 Å². The van der Waals surface area contributed by atoms with Crippen LogP contribution in [0.5, 0.6) is 0 Å². The molecule has 0 saturated heterocycles. The Hall–Kier alpha value is -2.56. The Morgan fingerprint density at radius 1 is 1.17 bits per heavy atom. The molecule has 0 aliphatic carbocycles. The number of furan rings is 1. The molecule has 5 nitrogen and oxygen atoms in total. The van der Waals surface area contributed by atoms with Gasteiger partial charge in [-0.25, -0.2) is 4.79 Å².